The molecule has 3 nitrogen and oxygen atoms in total. The summed E-state index contributed by atoms with van der Waals surface area (Å²) in [6.45, 7) is 2.48. The maximum Gasteiger partial charge on any atom is 0.254 e. The fourth-order valence-corrected chi connectivity index (χ4v) is 2.55. The largest absolute Gasteiger partial charge is 0.334 e. The van der Waals surface area contributed by atoms with Crippen LogP contribution >= 0.6 is 0 Å². The van der Waals surface area contributed by atoms with E-state index in [2.05, 4.69) is 0 Å². The van der Waals surface area contributed by atoms with Gasteiger partial charge in [0.25, 0.3) is 5.91 Å². The van der Waals surface area contributed by atoms with Crippen LogP contribution < -0.4 is 5.73 Å². The molecular formula is C14H18F2N2O. The van der Waals surface area contributed by atoms with E-state index in [1.54, 1.807) is 4.90 Å². The minimum absolute atomic E-state index is 0.0330. The van der Waals surface area contributed by atoms with Gasteiger partial charge in [-0.15, -0.1) is 0 Å². The molecule has 1 aliphatic heterocycles. The Morgan fingerprint density at radius 3 is 2.74 bits per heavy atom. The standard InChI is InChI=1S/C14H18F2N2O/c1-9(17)13-4-2-3-7-18(13)14(19)10-5-6-11(15)12(16)8-10/h5-6,8-9,13H,2-4,7,17H2,1H3. The van der Waals surface area contributed by atoms with Crippen molar-refractivity contribution < 1.29 is 13.6 Å². The smallest absolute Gasteiger partial charge is 0.254 e. The number of benzene rings is 1. The first-order valence-corrected chi connectivity index (χ1v) is 6.52. The van der Waals surface area contributed by atoms with Crippen LogP contribution in [0, 0.1) is 11.6 Å². The maximum absolute atomic E-state index is 13.2. The van der Waals surface area contributed by atoms with Crippen molar-refractivity contribution >= 4 is 5.91 Å². The number of nitrogens with zero attached hydrogens (tertiary/aromatic N) is 1. The van der Waals surface area contributed by atoms with Crippen molar-refractivity contribution in [1.82, 2.24) is 4.90 Å². The minimum atomic E-state index is -1.000. The van der Waals surface area contributed by atoms with Crippen molar-refractivity contribution in [2.45, 2.75) is 38.3 Å². The number of piperidine rings is 1. The van der Waals surface area contributed by atoms with Gasteiger partial charge < -0.3 is 10.6 Å². The third-order valence-electron chi connectivity index (χ3n) is 3.58. The number of amides is 1. The van der Waals surface area contributed by atoms with Gasteiger partial charge in [0.2, 0.25) is 0 Å². The van der Waals surface area contributed by atoms with Gasteiger partial charge in [-0.3, -0.25) is 4.79 Å². The highest BCUT2D eigenvalue weighted by Gasteiger charge is 2.30. The van der Waals surface area contributed by atoms with E-state index in [9.17, 15) is 13.6 Å². The van der Waals surface area contributed by atoms with Crippen LogP contribution in [0.3, 0.4) is 0 Å². The summed E-state index contributed by atoms with van der Waals surface area (Å²) in [7, 11) is 0. The monoisotopic (exact) mass is 268 g/mol. The zero-order valence-electron chi connectivity index (χ0n) is 10.9. The highest BCUT2D eigenvalue weighted by atomic mass is 19.2. The number of rotatable bonds is 2. The van der Waals surface area contributed by atoms with Crippen LogP contribution in [0.25, 0.3) is 0 Å². The van der Waals surface area contributed by atoms with Crippen LogP contribution in [-0.2, 0) is 0 Å². The van der Waals surface area contributed by atoms with Crippen LogP contribution in [-0.4, -0.2) is 29.4 Å². The summed E-state index contributed by atoms with van der Waals surface area (Å²) in [5, 5.41) is 0. The molecule has 0 aliphatic carbocycles. The van der Waals surface area contributed by atoms with Gasteiger partial charge in [0.1, 0.15) is 0 Å². The summed E-state index contributed by atoms with van der Waals surface area (Å²) < 4.78 is 26.1. The molecule has 0 saturated carbocycles. The number of halogens is 2. The number of likely N-dealkylation sites (tertiary alicyclic amines) is 1. The van der Waals surface area contributed by atoms with Crippen LogP contribution in [0.1, 0.15) is 36.5 Å². The predicted molar refractivity (Wildman–Crippen MR) is 68.7 cm³/mol. The number of carbonyl (C=O) groups excluding carboxylic acids is 1. The Balaban J connectivity index is 2.23. The Kier molecular flexibility index (Phi) is 4.14. The molecule has 0 aromatic heterocycles. The number of hydrogen-bond donors (Lipinski definition) is 1. The van der Waals surface area contributed by atoms with Crippen LogP contribution in [0.15, 0.2) is 18.2 Å². The fourth-order valence-electron chi connectivity index (χ4n) is 2.55. The van der Waals surface area contributed by atoms with Crippen molar-refractivity contribution in [1.29, 1.82) is 0 Å². The van der Waals surface area contributed by atoms with Crippen LogP contribution in [0.5, 0.6) is 0 Å². The molecule has 0 spiro atoms. The highest BCUT2D eigenvalue weighted by molar-refractivity contribution is 5.94. The Bertz CT molecular complexity index is 477. The third-order valence-corrected chi connectivity index (χ3v) is 3.58. The zero-order chi connectivity index (χ0) is 14.0. The van der Waals surface area contributed by atoms with Crippen LogP contribution in [0.4, 0.5) is 8.78 Å². The molecule has 1 saturated heterocycles. The number of hydrogen-bond acceptors (Lipinski definition) is 2. The van der Waals surface area contributed by atoms with E-state index < -0.39 is 11.6 Å². The van der Waals surface area contributed by atoms with E-state index in [4.69, 9.17) is 5.73 Å². The topological polar surface area (TPSA) is 46.3 Å². The molecule has 5 heteroatoms. The van der Waals surface area contributed by atoms with E-state index in [0.29, 0.717) is 6.54 Å². The first kappa shape index (κ1) is 13.9. The summed E-state index contributed by atoms with van der Waals surface area (Å²) in [6, 6.07) is 3.08. The normalized spacial score (nSPS) is 21.3. The lowest BCUT2D eigenvalue weighted by molar-refractivity contribution is 0.0583. The number of nitrogens with two attached hydrogens (primary N) is 1. The second-order valence-electron chi connectivity index (χ2n) is 5.05. The van der Waals surface area contributed by atoms with Crippen molar-refractivity contribution in [3.63, 3.8) is 0 Å². The summed E-state index contributed by atoms with van der Waals surface area (Å²) in [5.41, 5.74) is 6.07. The molecule has 1 amide bonds. The van der Waals surface area contributed by atoms with Gasteiger partial charge in [-0.1, -0.05) is 0 Å². The molecule has 2 rings (SSSR count). The molecule has 1 fully saturated rings. The number of carbonyl (C=O) groups is 1. The molecule has 0 bridgehead atoms. The van der Waals surface area contributed by atoms with E-state index >= 15 is 0 Å². The first-order chi connectivity index (χ1) is 9.00. The van der Waals surface area contributed by atoms with E-state index in [-0.39, 0.29) is 23.6 Å². The van der Waals surface area contributed by atoms with E-state index in [1.807, 2.05) is 6.92 Å². The van der Waals surface area contributed by atoms with Gasteiger partial charge in [0.15, 0.2) is 11.6 Å². The van der Waals surface area contributed by atoms with Gasteiger partial charge in [0.05, 0.1) is 0 Å². The van der Waals surface area contributed by atoms with Gasteiger partial charge in [-0.25, -0.2) is 8.78 Å². The Morgan fingerprint density at radius 2 is 2.11 bits per heavy atom. The summed E-state index contributed by atoms with van der Waals surface area (Å²) in [5.74, 6) is -2.22. The Labute approximate surface area is 111 Å². The highest BCUT2D eigenvalue weighted by Crippen LogP contribution is 2.22. The molecule has 2 N–H and O–H groups in total. The first-order valence-electron chi connectivity index (χ1n) is 6.52. The maximum atomic E-state index is 13.2. The molecule has 1 aliphatic rings. The molecule has 19 heavy (non-hydrogen) atoms. The molecule has 1 heterocycles. The van der Waals surface area contributed by atoms with Crippen molar-refractivity contribution in [2.75, 3.05) is 6.54 Å². The Morgan fingerprint density at radius 1 is 1.37 bits per heavy atom. The van der Waals surface area contributed by atoms with Gasteiger partial charge in [-0.05, 0) is 44.4 Å². The quantitative estimate of drug-likeness (QED) is 0.894. The van der Waals surface area contributed by atoms with Gasteiger partial charge in [0, 0.05) is 24.2 Å². The van der Waals surface area contributed by atoms with Crippen molar-refractivity contribution in [3.05, 3.63) is 35.4 Å². The molecule has 1 aromatic carbocycles. The van der Waals surface area contributed by atoms with E-state index in [0.717, 1.165) is 31.4 Å². The molecule has 104 valence electrons. The summed E-state index contributed by atoms with van der Waals surface area (Å²) in [4.78, 5) is 14.0. The third kappa shape index (κ3) is 2.92. The van der Waals surface area contributed by atoms with Crippen LogP contribution in [0.2, 0.25) is 0 Å². The average Bonchev–Trinajstić information content (AvgIpc) is 2.41. The Hall–Kier alpha value is -1.49. The molecule has 2 atom stereocenters. The van der Waals surface area contributed by atoms with E-state index in [1.165, 1.54) is 6.07 Å². The lowest BCUT2D eigenvalue weighted by Gasteiger charge is -2.38. The lowest BCUT2D eigenvalue weighted by atomic mass is 9.96. The van der Waals surface area contributed by atoms with Gasteiger partial charge in [-0.2, -0.15) is 0 Å². The van der Waals surface area contributed by atoms with Crippen molar-refractivity contribution in [2.24, 2.45) is 5.73 Å². The molecule has 0 radical (unpaired) electrons. The second-order valence-corrected chi connectivity index (χ2v) is 5.05. The second kappa shape index (κ2) is 5.65. The molecule has 2 unspecified atom stereocenters. The minimum Gasteiger partial charge on any atom is -0.334 e. The van der Waals surface area contributed by atoms with Gasteiger partial charge >= 0.3 is 0 Å². The lowest BCUT2D eigenvalue weighted by Crippen LogP contribution is -2.51. The molecular weight excluding hydrogens is 250 g/mol. The predicted octanol–water partition coefficient (Wildman–Crippen LogP) is 2.31. The van der Waals surface area contributed by atoms with Crippen molar-refractivity contribution in [3.8, 4) is 0 Å². The summed E-state index contributed by atoms with van der Waals surface area (Å²) >= 11 is 0. The molecule has 1 aromatic rings. The summed E-state index contributed by atoms with van der Waals surface area (Å²) in [6.07, 6.45) is 2.81. The zero-order valence-corrected chi connectivity index (χ0v) is 10.9. The SMILES string of the molecule is CC(N)C1CCCCN1C(=O)c1ccc(F)c(F)c1. The average molecular weight is 268 g/mol. The fraction of sp³-hybridized carbons (Fsp3) is 0.500.